The number of para-hydroxylation sites is 1. The summed E-state index contributed by atoms with van der Waals surface area (Å²) in [5.74, 6) is -1.83. The molecule has 16 nitrogen and oxygen atoms in total. The summed E-state index contributed by atoms with van der Waals surface area (Å²) >= 11 is 0. The fourth-order valence-corrected chi connectivity index (χ4v) is 14.9. The van der Waals surface area contributed by atoms with Crippen LogP contribution in [0.15, 0.2) is 176 Å². The number of piperidine rings is 2. The average molecular weight is 1550 g/mol. The number of hydrogen-bond acceptors (Lipinski definition) is 11. The Balaban J connectivity index is 0.00000481. The Kier molecular flexibility index (Phi) is 30.1. The zero-order valence-corrected chi connectivity index (χ0v) is 62.8. The number of rotatable bonds is 28. The van der Waals surface area contributed by atoms with Crippen molar-refractivity contribution in [2.45, 2.75) is 113 Å². The van der Waals surface area contributed by atoms with Crippen LogP contribution >= 0.6 is 37.2 Å². The molecule has 0 radical (unpaired) electrons. The van der Waals surface area contributed by atoms with Crippen molar-refractivity contribution in [3.63, 3.8) is 0 Å². The molecule has 3 aliphatic heterocycles. The van der Waals surface area contributed by atoms with Crippen molar-refractivity contribution >= 4 is 78.3 Å². The summed E-state index contributed by atoms with van der Waals surface area (Å²) in [6, 6.07) is 49.9. The number of benzene rings is 7. The van der Waals surface area contributed by atoms with Crippen molar-refractivity contribution in [2.24, 2.45) is 0 Å². The van der Waals surface area contributed by atoms with E-state index >= 15 is 0 Å². The van der Waals surface area contributed by atoms with Gasteiger partial charge in [-0.2, -0.15) is 26.3 Å². The lowest BCUT2D eigenvalue weighted by Crippen LogP contribution is -2.50. The van der Waals surface area contributed by atoms with E-state index < -0.39 is 64.6 Å². The molecule has 0 bridgehead atoms. The number of anilines is 2. The number of likely N-dealkylation sites (tertiary alicyclic amines) is 2. The van der Waals surface area contributed by atoms with Gasteiger partial charge in [0.25, 0.3) is 11.8 Å². The summed E-state index contributed by atoms with van der Waals surface area (Å²) in [4.78, 5) is 80.7. The first-order chi connectivity index (χ1) is 49.9. The molecule has 7 aromatic carbocycles. The SMILES string of the molecule is CN(CCN1CCC(OC(=O)Nc2ccccc2-c2ccccc2)CC1)C(=O)CCCCCN(Cc1ccccc1)c1ccc(C(=O)N(C)CCCN(C)C(=O)CO[C@H]2Cc3ccccc3C23CCN(CC[C@]2(c4ccc(F)cc4)CN(C(=O)c4cc(C(F)(F)F)cc(C(F)(F)F)c4)CO2)CC3)cc1.Cl.Cl.Cl. The second-order valence-corrected chi connectivity index (χ2v) is 27.9. The van der Waals surface area contributed by atoms with Gasteiger partial charge in [-0.1, -0.05) is 122 Å². The Morgan fingerprint density at radius 1 is 0.607 bits per heavy atom. The van der Waals surface area contributed by atoms with Gasteiger partial charge in [0.05, 0.1) is 29.5 Å². The van der Waals surface area contributed by atoms with Crippen LogP contribution in [-0.4, -0.2) is 178 Å². The van der Waals surface area contributed by atoms with E-state index in [4.69, 9.17) is 14.2 Å². The van der Waals surface area contributed by atoms with E-state index in [1.807, 2.05) is 121 Å². The van der Waals surface area contributed by atoms with Gasteiger partial charge in [0, 0.05) is 114 Å². The maximum atomic E-state index is 14.3. The van der Waals surface area contributed by atoms with Crippen LogP contribution in [0.3, 0.4) is 0 Å². The molecule has 576 valence electrons. The predicted octanol–water partition coefficient (Wildman–Crippen LogP) is 15.8. The molecule has 3 fully saturated rings. The molecule has 5 amide bonds. The van der Waals surface area contributed by atoms with Gasteiger partial charge in [-0.25, -0.2) is 9.18 Å². The molecule has 0 aromatic heterocycles. The molecule has 0 unspecified atom stereocenters. The van der Waals surface area contributed by atoms with Gasteiger partial charge in [-0.15, -0.1) is 37.2 Å². The number of hydrogen-bond donors (Lipinski definition) is 1. The molecule has 1 aliphatic carbocycles. The molecule has 1 N–H and O–H groups in total. The maximum Gasteiger partial charge on any atom is 0.416 e. The summed E-state index contributed by atoms with van der Waals surface area (Å²) in [5.41, 5.74) is 2.40. The summed E-state index contributed by atoms with van der Waals surface area (Å²) < 4.78 is 116. The Morgan fingerprint density at radius 3 is 1.89 bits per heavy atom. The second-order valence-electron chi connectivity index (χ2n) is 27.9. The zero-order valence-electron chi connectivity index (χ0n) is 60.3. The van der Waals surface area contributed by atoms with Crippen LogP contribution in [0.4, 0.5) is 46.9 Å². The van der Waals surface area contributed by atoms with Crippen LogP contribution in [0.25, 0.3) is 11.1 Å². The zero-order chi connectivity index (χ0) is 73.6. The number of ether oxygens (including phenoxy) is 3. The van der Waals surface area contributed by atoms with Crippen LogP contribution in [0.1, 0.15) is 118 Å². The molecule has 26 heteroatoms. The third kappa shape index (κ3) is 21.8. The van der Waals surface area contributed by atoms with Crippen molar-refractivity contribution in [1.82, 2.24) is 29.4 Å². The first kappa shape index (κ1) is 84.3. The second kappa shape index (κ2) is 38.2. The normalized spacial score (nSPS) is 17.2. The molecule has 4 aliphatic rings. The predicted molar refractivity (Wildman–Crippen MR) is 406 cm³/mol. The fraction of sp³-hybridized carbons (Fsp3) is 0.420. The molecular weight excluding hydrogens is 1450 g/mol. The van der Waals surface area contributed by atoms with Gasteiger partial charge in [-0.05, 0) is 159 Å². The van der Waals surface area contributed by atoms with Gasteiger partial charge in [0.2, 0.25) is 11.8 Å². The highest BCUT2D eigenvalue weighted by Gasteiger charge is 2.50. The third-order valence-corrected chi connectivity index (χ3v) is 21.0. The van der Waals surface area contributed by atoms with Crippen LogP contribution in [0.5, 0.6) is 0 Å². The number of unbranched alkanes of at least 4 members (excludes halogenated alkanes) is 2. The number of nitrogens with zero attached hydrogens (tertiary/aromatic N) is 7. The number of carbonyl (C=O) groups excluding carboxylic acids is 5. The Labute approximate surface area is 640 Å². The number of alkyl halides is 6. The standard InChI is InChI=1S/C81H91F7N8O8.3ClH/c1-90(74(98)55-102-72-52-61-22-12-14-24-70(61)78(72)37-45-94(46-38-78)47-39-79(63-29-31-66(82)32-30-63)56-96(57-103-79)76(100)62-50-64(80(83,84)85)53-65(51-62)81(86,87)88)40-17-41-92(3)75(99)60-27-33-67(34-28-60)95(54-58-18-7-4-8-19-58)42-16-6-11-26-73(97)91(2)48-49-93-43-35-68(36-44-93)104-77(101)89-71-25-15-13-23-69(71)59-20-9-5-10-21-59;;;/h4-5,7-10,12-15,18-25,27-34,50-51,53,68,72H,6,11,16-17,26,35-49,52,54-57H2,1-3H3,(H,89,101);3*1H/t72-,79+;;;/m0.../s1. The summed E-state index contributed by atoms with van der Waals surface area (Å²) in [6.45, 7) is 5.95. The van der Waals surface area contributed by atoms with Gasteiger partial charge in [-0.3, -0.25) is 24.5 Å². The van der Waals surface area contributed by atoms with Crippen LogP contribution in [0, 0.1) is 5.82 Å². The smallest absolute Gasteiger partial charge is 0.416 e. The van der Waals surface area contributed by atoms with Crippen LogP contribution in [-0.2, 0) is 60.1 Å². The van der Waals surface area contributed by atoms with E-state index in [0.717, 1.165) is 96.7 Å². The minimum absolute atomic E-state index is 0. The minimum Gasteiger partial charge on any atom is -0.446 e. The molecule has 3 heterocycles. The lowest BCUT2D eigenvalue weighted by Gasteiger charge is -2.44. The third-order valence-electron chi connectivity index (χ3n) is 21.0. The molecular formula is C81H94Cl3F7N8O8. The van der Waals surface area contributed by atoms with Crippen molar-refractivity contribution in [3.8, 4) is 11.1 Å². The Hall–Kier alpha value is -8.29. The quantitative estimate of drug-likeness (QED) is 0.0369. The highest BCUT2D eigenvalue weighted by molar-refractivity contribution is 5.96. The van der Waals surface area contributed by atoms with Crippen molar-refractivity contribution < 1.29 is 68.9 Å². The summed E-state index contributed by atoms with van der Waals surface area (Å²) in [7, 11) is 5.34. The van der Waals surface area contributed by atoms with Gasteiger partial charge in [0.1, 0.15) is 30.9 Å². The molecule has 7 aromatic rings. The van der Waals surface area contributed by atoms with E-state index in [2.05, 4.69) is 44.3 Å². The van der Waals surface area contributed by atoms with E-state index in [0.29, 0.717) is 107 Å². The monoisotopic (exact) mass is 1540 g/mol. The Bertz CT molecular complexity index is 4030. The van der Waals surface area contributed by atoms with E-state index in [1.54, 1.807) is 23.9 Å². The molecule has 1 spiro atoms. The average Bonchev–Trinajstić information content (AvgIpc) is 1.61. The number of carbonyl (C=O) groups is 5. The number of fused-ring (bicyclic) bond motifs is 2. The van der Waals surface area contributed by atoms with E-state index in [-0.39, 0.29) is 92.8 Å². The first-order valence-corrected chi connectivity index (χ1v) is 35.8. The van der Waals surface area contributed by atoms with Gasteiger partial charge >= 0.3 is 18.4 Å². The molecule has 107 heavy (non-hydrogen) atoms. The van der Waals surface area contributed by atoms with Crippen molar-refractivity contribution in [3.05, 3.63) is 226 Å². The molecule has 11 rings (SSSR count). The van der Waals surface area contributed by atoms with E-state index in [1.165, 1.54) is 24.3 Å². The van der Waals surface area contributed by atoms with E-state index in [9.17, 15) is 54.7 Å². The van der Waals surface area contributed by atoms with Crippen molar-refractivity contribution in [1.29, 1.82) is 0 Å². The lowest BCUT2D eigenvalue weighted by atomic mass is 9.72. The minimum atomic E-state index is -5.15. The van der Waals surface area contributed by atoms with Crippen LogP contribution < -0.4 is 10.2 Å². The number of amides is 5. The Morgan fingerprint density at radius 2 is 1.21 bits per heavy atom. The highest BCUT2D eigenvalue weighted by atomic mass is 35.5. The van der Waals surface area contributed by atoms with Crippen LogP contribution in [0.2, 0.25) is 0 Å². The van der Waals surface area contributed by atoms with Gasteiger partial charge in [0.15, 0.2) is 0 Å². The number of nitrogens with one attached hydrogen (secondary N) is 1. The van der Waals surface area contributed by atoms with Gasteiger partial charge < -0.3 is 48.5 Å². The summed E-state index contributed by atoms with van der Waals surface area (Å²) in [5, 5.41) is 2.94. The lowest BCUT2D eigenvalue weighted by molar-refractivity contribution is -0.143. The van der Waals surface area contributed by atoms with Crippen molar-refractivity contribution in [2.75, 3.05) is 117 Å². The topological polar surface area (TPSA) is 148 Å². The molecule has 2 atom stereocenters. The maximum absolute atomic E-state index is 14.3. The largest absolute Gasteiger partial charge is 0.446 e. The summed E-state index contributed by atoms with van der Waals surface area (Å²) in [6.07, 6.45) is -4.15. The fourth-order valence-electron chi connectivity index (χ4n) is 14.9. The molecule has 0 saturated carbocycles. The highest BCUT2D eigenvalue weighted by Crippen LogP contribution is 2.49. The molecule has 3 saturated heterocycles. The number of likely N-dealkylation sites (N-methyl/N-ethyl adjacent to an activating group) is 2. The first-order valence-electron chi connectivity index (χ1n) is 35.8. The number of halogens is 10.